The molecule has 20 heavy (non-hydrogen) atoms. The van der Waals surface area contributed by atoms with Gasteiger partial charge in [-0.3, -0.25) is 9.36 Å². The van der Waals surface area contributed by atoms with Crippen LogP contribution in [0, 0.1) is 0 Å². The molecule has 0 saturated carbocycles. The van der Waals surface area contributed by atoms with Gasteiger partial charge in [-0.05, 0) is 25.1 Å². The minimum absolute atomic E-state index is 0.152. The summed E-state index contributed by atoms with van der Waals surface area (Å²) in [7, 11) is 1.54. The topological polar surface area (TPSA) is 73.6 Å². The second-order valence-electron chi connectivity index (χ2n) is 4.40. The molecule has 1 heterocycles. The minimum Gasteiger partial charge on any atom is -0.497 e. The van der Waals surface area contributed by atoms with E-state index in [-0.39, 0.29) is 18.7 Å². The van der Waals surface area contributed by atoms with Crippen LogP contribution in [-0.4, -0.2) is 41.1 Å². The van der Waals surface area contributed by atoms with Crippen molar-refractivity contribution in [3.63, 3.8) is 0 Å². The summed E-state index contributed by atoms with van der Waals surface area (Å²) in [5.74, 6) is 0.601. The number of aliphatic hydroxyl groups excluding tert-OH is 1. The van der Waals surface area contributed by atoms with E-state index in [9.17, 15) is 9.90 Å². The van der Waals surface area contributed by atoms with E-state index in [2.05, 4.69) is 4.98 Å². The van der Waals surface area contributed by atoms with Crippen LogP contribution in [0.5, 0.6) is 5.75 Å². The Bertz CT molecular complexity index is 639. The van der Waals surface area contributed by atoms with Gasteiger partial charge in [0, 0.05) is 6.61 Å². The smallest absolute Gasteiger partial charge is 0.261 e. The summed E-state index contributed by atoms with van der Waals surface area (Å²) in [6.07, 6.45) is 0.698. The third-order valence-corrected chi connectivity index (χ3v) is 2.95. The Labute approximate surface area is 116 Å². The van der Waals surface area contributed by atoms with E-state index in [4.69, 9.17) is 9.47 Å². The molecule has 1 aromatic carbocycles. The summed E-state index contributed by atoms with van der Waals surface area (Å²) in [5.41, 5.74) is 0.399. The number of hydrogen-bond acceptors (Lipinski definition) is 5. The Kier molecular flexibility index (Phi) is 4.70. The Morgan fingerprint density at radius 2 is 2.25 bits per heavy atom. The average Bonchev–Trinajstić information content (AvgIpc) is 2.47. The number of methoxy groups -OCH3 is 1. The van der Waals surface area contributed by atoms with Gasteiger partial charge < -0.3 is 14.6 Å². The van der Waals surface area contributed by atoms with E-state index >= 15 is 0 Å². The van der Waals surface area contributed by atoms with E-state index in [1.54, 1.807) is 25.3 Å². The summed E-state index contributed by atoms with van der Waals surface area (Å²) in [5, 5.41) is 10.3. The molecule has 2 aromatic rings. The number of hydrogen-bond donors (Lipinski definition) is 1. The van der Waals surface area contributed by atoms with Crippen LogP contribution in [0.1, 0.15) is 6.92 Å². The van der Waals surface area contributed by atoms with Crippen molar-refractivity contribution in [2.24, 2.45) is 0 Å². The van der Waals surface area contributed by atoms with Gasteiger partial charge in [-0.2, -0.15) is 0 Å². The fourth-order valence-electron chi connectivity index (χ4n) is 1.93. The lowest BCUT2D eigenvalue weighted by molar-refractivity contribution is 0.0329. The lowest BCUT2D eigenvalue weighted by Gasteiger charge is -2.12. The second-order valence-corrected chi connectivity index (χ2v) is 4.40. The normalized spacial score (nSPS) is 12.6. The Balaban J connectivity index is 2.31. The maximum absolute atomic E-state index is 12.3. The van der Waals surface area contributed by atoms with Crippen molar-refractivity contribution in [1.29, 1.82) is 0 Å². The fourth-order valence-corrected chi connectivity index (χ4v) is 1.93. The molecule has 0 aliphatic heterocycles. The van der Waals surface area contributed by atoms with Gasteiger partial charge in [0.15, 0.2) is 0 Å². The van der Waals surface area contributed by atoms with Crippen molar-refractivity contribution in [3.8, 4) is 5.75 Å². The molecule has 6 heteroatoms. The molecule has 1 atom stereocenters. The van der Waals surface area contributed by atoms with Crippen LogP contribution >= 0.6 is 0 Å². The quantitative estimate of drug-likeness (QED) is 0.846. The molecule has 0 unspecified atom stereocenters. The SMILES string of the molecule is CCOC[C@@H](O)Cn1cnc2ccc(OC)cc2c1=O. The average molecular weight is 278 g/mol. The zero-order valence-electron chi connectivity index (χ0n) is 11.6. The van der Waals surface area contributed by atoms with E-state index < -0.39 is 6.10 Å². The third kappa shape index (κ3) is 3.15. The summed E-state index contributed by atoms with van der Waals surface area (Å²) in [4.78, 5) is 16.5. The summed E-state index contributed by atoms with van der Waals surface area (Å²) < 4.78 is 11.6. The van der Waals surface area contributed by atoms with Crippen LogP contribution in [-0.2, 0) is 11.3 Å². The van der Waals surface area contributed by atoms with Gasteiger partial charge in [0.2, 0.25) is 0 Å². The first-order valence-electron chi connectivity index (χ1n) is 6.44. The Hall–Kier alpha value is -1.92. The third-order valence-electron chi connectivity index (χ3n) is 2.95. The number of ether oxygens (including phenoxy) is 2. The first-order chi connectivity index (χ1) is 9.65. The van der Waals surface area contributed by atoms with Crippen molar-refractivity contribution < 1.29 is 14.6 Å². The highest BCUT2D eigenvalue weighted by atomic mass is 16.5. The highest BCUT2D eigenvalue weighted by molar-refractivity contribution is 5.78. The Morgan fingerprint density at radius 3 is 2.95 bits per heavy atom. The van der Waals surface area contributed by atoms with Gasteiger partial charge in [-0.25, -0.2) is 4.98 Å². The first kappa shape index (κ1) is 14.5. The molecule has 0 spiro atoms. The molecule has 2 rings (SSSR count). The molecule has 0 saturated heterocycles. The summed E-state index contributed by atoms with van der Waals surface area (Å²) in [6, 6.07) is 5.13. The highest BCUT2D eigenvalue weighted by Gasteiger charge is 2.10. The monoisotopic (exact) mass is 278 g/mol. The van der Waals surface area contributed by atoms with Crippen LogP contribution < -0.4 is 10.3 Å². The maximum Gasteiger partial charge on any atom is 0.261 e. The fraction of sp³-hybridized carbons (Fsp3) is 0.429. The van der Waals surface area contributed by atoms with Crippen LogP contribution in [0.15, 0.2) is 29.3 Å². The van der Waals surface area contributed by atoms with Crippen LogP contribution in [0.2, 0.25) is 0 Å². The zero-order chi connectivity index (χ0) is 14.5. The summed E-state index contributed by atoms with van der Waals surface area (Å²) >= 11 is 0. The maximum atomic E-state index is 12.3. The molecule has 0 bridgehead atoms. The van der Waals surface area contributed by atoms with Crippen molar-refractivity contribution in [1.82, 2.24) is 9.55 Å². The minimum atomic E-state index is -0.738. The molecule has 0 aliphatic carbocycles. The molecule has 1 aromatic heterocycles. The molecule has 0 fully saturated rings. The molecular formula is C14H18N2O4. The molecule has 108 valence electrons. The largest absolute Gasteiger partial charge is 0.497 e. The van der Waals surface area contributed by atoms with Crippen molar-refractivity contribution in [3.05, 3.63) is 34.9 Å². The Morgan fingerprint density at radius 1 is 1.45 bits per heavy atom. The van der Waals surface area contributed by atoms with Crippen LogP contribution in [0.4, 0.5) is 0 Å². The number of rotatable bonds is 6. The van der Waals surface area contributed by atoms with E-state index in [0.29, 0.717) is 23.3 Å². The number of benzene rings is 1. The number of fused-ring (bicyclic) bond motifs is 1. The molecule has 0 aliphatic rings. The van der Waals surface area contributed by atoms with Gasteiger partial charge in [-0.1, -0.05) is 0 Å². The predicted octanol–water partition coefficient (Wildman–Crippen LogP) is 0.802. The predicted molar refractivity (Wildman–Crippen MR) is 75.1 cm³/mol. The number of aliphatic hydroxyl groups is 1. The molecule has 0 radical (unpaired) electrons. The lowest BCUT2D eigenvalue weighted by atomic mass is 10.2. The van der Waals surface area contributed by atoms with E-state index in [1.165, 1.54) is 10.9 Å². The first-order valence-corrected chi connectivity index (χ1v) is 6.44. The van der Waals surface area contributed by atoms with Gasteiger partial charge in [0.05, 0.1) is 43.6 Å². The van der Waals surface area contributed by atoms with Gasteiger partial charge in [0.25, 0.3) is 5.56 Å². The number of nitrogens with zero attached hydrogens (tertiary/aromatic N) is 2. The lowest BCUT2D eigenvalue weighted by Crippen LogP contribution is -2.29. The van der Waals surface area contributed by atoms with Crippen LogP contribution in [0.25, 0.3) is 10.9 Å². The van der Waals surface area contributed by atoms with E-state index in [1.807, 2.05) is 6.92 Å². The van der Waals surface area contributed by atoms with Crippen molar-refractivity contribution >= 4 is 10.9 Å². The van der Waals surface area contributed by atoms with Gasteiger partial charge in [0.1, 0.15) is 5.75 Å². The van der Waals surface area contributed by atoms with Gasteiger partial charge in [-0.15, -0.1) is 0 Å². The van der Waals surface area contributed by atoms with Gasteiger partial charge >= 0.3 is 0 Å². The standard InChI is InChI=1S/C14H18N2O4/c1-3-20-8-10(17)7-16-9-15-13-5-4-11(19-2)6-12(13)14(16)18/h4-6,9-10,17H,3,7-8H2,1-2H3/t10-/m0/s1. The van der Waals surface area contributed by atoms with E-state index in [0.717, 1.165) is 0 Å². The second kappa shape index (κ2) is 6.49. The molecule has 1 N–H and O–H groups in total. The molecule has 0 amide bonds. The number of aromatic nitrogens is 2. The van der Waals surface area contributed by atoms with Crippen LogP contribution in [0.3, 0.4) is 0 Å². The zero-order valence-corrected chi connectivity index (χ0v) is 11.6. The highest BCUT2D eigenvalue weighted by Crippen LogP contribution is 2.15. The molecule has 6 nitrogen and oxygen atoms in total. The molecular weight excluding hydrogens is 260 g/mol. The van der Waals surface area contributed by atoms with Crippen molar-refractivity contribution in [2.45, 2.75) is 19.6 Å². The van der Waals surface area contributed by atoms with Crippen molar-refractivity contribution in [2.75, 3.05) is 20.3 Å². The summed E-state index contributed by atoms with van der Waals surface area (Å²) in [6.45, 7) is 2.72.